The molecule has 2 heteroatoms. The summed E-state index contributed by atoms with van der Waals surface area (Å²) in [6.07, 6.45) is 0. The van der Waals surface area contributed by atoms with E-state index in [0.29, 0.717) is 0 Å². The van der Waals surface area contributed by atoms with Crippen LogP contribution in [0.25, 0.3) is 0 Å². The minimum atomic E-state index is 0.721. The Morgan fingerprint density at radius 3 is 2.50 bits per heavy atom. The monoisotopic (exact) mass is 236 g/mol. The molecular weight excluding hydrogens is 220 g/mol. The number of anilines is 1. The van der Waals surface area contributed by atoms with Crippen LogP contribution in [0.5, 0.6) is 0 Å². The Morgan fingerprint density at radius 2 is 1.83 bits per heavy atom. The van der Waals surface area contributed by atoms with Crippen LogP contribution in [0, 0.1) is 18.3 Å². The summed E-state index contributed by atoms with van der Waals surface area (Å²) in [5.41, 5.74) is 4.12. The normalized spacial score (nSPS) is 9.83. The first-order chi connectivity index (χ1) is 8.70. The minimum absolute atomic E-state index is 0.721. The molecule has 2 nitrogen and oxygen atoms in total. The van der Waals surface area contributed by atoms with Crippen molar-refractivity contribution in [3.63, 3.8) is 0 Å². The van der Waals surface area contributed by atoms with Crippen molar-refractivity contribution < 1.29 is 0 Å². The lowest BCUT2D eigenvalue weighted by atomic mass is 10.1. The fourth-order valence-corrected chi connectivity index (χ4v) is 1.99. The van der Waals surface area contributed by atoms with Gasteiger partial charge in [-0.05, 0) is 30.2 Å². The van der Waals surface area contributed by atoms with Crippen LogP contribution in [0.15, 0.2) is 48.5 Å². The van der Waals surface area contributed by atoms with E-state index in [1.54, 1.807) is 0 Å². The zero-order valence-electron chi connectivity index (χ0n) is 10.7. The Bertz CT molecular complexity index is 567. The molecule has 0 atom stereocenters. The van der Waals surface area contributed by atoms with Gasteiger partial charge in [-0.3, -0.25) is 0 Å². The molecule has 2 aromatic rings. The van der Waals surface area contributed by atoms with Gasteiger partial charge in [0.2, 0.25) is 0 Å². The molecular formula is C16H16N2. The van der Waals surface area contributed by atoms with Crippen molar-refractivity contribution in [3.05, 3.63) is 65.2 Å². The van der Waals surface area contributed by atoms with Gasteiger partial charge >= 0.3 is 0 Å². The Balaban J connectivity index is 2.26. The molecule has 0 spiro atoms. The highest BCUT2D eigenvalue weighted by atomic mass is 15.1. The molecule has 0 heterocycles. The van der Waals surface area contributed by atoms with Gasteiger partial charge in [0.05, 0.1) is 11.3 Å². The predicted octanol–water partition coefficient (Wildman–Crippen LogP) is 3.50. The van der Waals surface area contributed by atoms with Crippen LogP contribution in [0.3, 0.4) is 0 Å². The van der Waals surface area contributed by atoms with Gasteiger partial charge in [0.1, 0.15) is 6.07 Å². The van der Waals surface area contributed by atoms with Crippen molar-refractivity contribution in [1.29, 1.82) is 5.26 Å². The van der Waals surface area contributed by atoms with Crippen LogP contribution >= 0.6 is 0 Å². The molecule has 0 saturated heterocycles. The zero-order valence-corrected chi connectivity index (χ0v) is 10.7. The molecule has 0 fully saturated rings. The van der Waals surface area contributed by atoms with Crippen molar-refractivity contribution in [2.45, 2.75) is 13.5 Å². The van der Waals surface area contributed by atoms with E-state index in [2.05, 4.69) is 29.2 Å². The summed E-state index contributed by atoms with van der Waals surface area (Å²) in [6, 6.07) is 18.4. The van der Waals surface area contributed by atoms with Gasteiger partial charge in [0, 0.05) is 13.6 Å². The molecule has 0 aliphatic carbocycles. The van der Waals surface area contributed by atoms with Crippen LogP contribution in [0.1, 0.15) is 16.7 Å². The van der Waals surface area contributed by atoms with Gasteiger partial charge in [-0.2, -0.15) is 5.26 Å². The van der Waals surface area contributed by atoms with E-state index < -0.39 is 0 Å². The van der Waals surface area contributed by atoms with Crippen LogP contribution in [-0.4, -0.2) is 7.05 Å². The first-order valence-corrected chi connectivity index (χ1v) is 5.96. The standard InChI is InChI=1S/C16H16N2/c1-13-8-9-15(11-17)16(10-13)18(2)12-14-6-4-3-5-7-14/h3-10H,12H2,1-2H3. The van der Waals surface area contributed by atoms with Crippen molar-refractivity contribution in [3.8, 4) is 6.07 Å². The molecule has 0 radical (unpaired) electrons. The number of rotatable bonds is 3. The quantitative estimate of drug-likeness (QED) is 0.815. The Kier molecular flexibility index (Phi) is 3.64. The molecule has 0 N–H and O–H groups in total. The molecule has 0 saturated carbocycles. The summed E-state index contributed by atoms with van der Waals surface area (Å²) in [4.78, 5) is 2.11. The molecule has 90 valence electrons. The van der Waals surface area contributed by atoms with E-state index in [4.69, 9.17) is 5.26 Å². The molecule has 0 aliphatic heterocycles. The van der Waals surface area contributed by atoms with Crippen molar-refractivity contribution >= 4 is 5.69 Å². The van der Waals surface area contributed by atoms with E-state index in [9.17, 15) is 0 Å². The highest BCUT2D eigenvalue weighted by molar-refractivity contribution is 5.60. The maximum atomic E-state index is 9.15. The highest BCUT2D eigenvalue weighted by Crippen LogP contribution is 2.22. The highest BCUT2D eigenvalue weighted by Gasteiger charge is 2.07. The largest absolute Gasteiger partial charge is 0.369 e. The fraction of sp³-hybridized carbons (Fsp3) is 0.188. The minimum Gasteiger partial charge on any atom is -0.369 e. The van der Waals surface area contributed by atoms with E-state index in [0.717, 1.165) is 17.8 Å². The van der Waals surface area contributed by atoms with Crippen LogP contribution in [0.4, 0.5) is 5.69 Å². The van der Waals surface area contributed by atoms with Gasteiger partial charge in [0.25, 0.3) is 0 Å². The number of nitriles is 1. The molecule has 0 unspecified atom stereocenters. The SMILES string of the molecule is Cc1ccc(C#N)c(N(C)Cc2ccccc2)c1. The van der Waals surface area contributed by atoms with Crippen LogP contribution in [-0.2, 0) is 6.54 Å². The third-order valence-electron chi connectivity index (χ3n) is 2.95. The molecule has 0 amide bonds. The number of hydrogen-bond acceptors (Lipinski definition) is 2. The number of aryl methyl sites for hydroxylation is 1. The second-order valence-electron chi connectivity index (χ2n) is 4.47. The topological polar surface area (TPSA) is 27.0 Å². The van der Waals surface area contributed by atoms with Crippen molar-refractivity contribution in [2.75, 3.05) is 11.9 Å². The average molecular weight is 236 g/mol. The third kappa shape index (κ3) is 2.70. The maximum Gasteiger partial charge on any atom is 0.101 e. The zero-order chi connectivity index (χ0) is 13.0. The van der Waals surface area contributed by atoms with E-state index in [1.165, 1.54) is 11.1 Å². The van der Waals surface area contributed by atoms with Gasteiger partial charge in [-0.1, -0.05) is 36.4 Å². The summed E-state index contributed by atoms with van der Waals surface area (Å²) in [5, 5.41) is 9.15. The van der Waals surface area contributed by atoms with Gasteiger partial charge < -0.3 is 4.90 Å². The smallest absolute Gasteiger partial charge is 0.101 e. The first-order valence-electron chi connectivity index (χ1n) is 5.96. The fourth-order valence-electron chi connectivity index (χ4n) is 1.99. The first kappa shape index (κ1) is 12.2. The van der Waals surface area contributed by atoms with Gasteiger partial charge in [-0.15, -0.1) is 0 Å². The lowest BCUT2D eigenvalue weighted by Crippen LogP contribution is -2.17. The van der Waals surface area contributed by atoms with Crippen molar-refractivity contribution in [2.24, 2.45) is 0 Å². The molecule has 2 rings (SSSR count). The van der Waals surface area contributed by atoms with Gasteiger partial charge in [-0.25, -0.2) is 0 Å². The lowest BCUT2D eigenvalue weighted by Gasteiger charge is -2.21. The molecule has 2 aromatic carbocycles. The molecule has 0 aromatic heterocycles. The second kappa shape index (κ2) is 5.37. The summed E-state index contributed by atoms with van der Waals surface area (Å²) in [6.45, 7) is 2.85. The third-order valence-corrected chi connectivity index (χ3v) is 2.95. The van der Waals surface area contributed by atoms with Crippen molar-refractivity contribution in [1.82, 2.24) is 0 Å². The maximum absolute atomic E-state index is 9.15. The number of benzene rings is 2. The van der Waals surface area contributed by atoms with Gasteiger partial charge in [0.15, 0.2) is 0 Å². The molecule has 18 heavy (non-hydrogen) atoms. The second-order valence-corrected chi connectivity index (χ2v) is 4.47. The van der Waals surface area contributed by atoms with Crippen LogP contribution < -0.4 is 4.90 Å². The lowest BCUT2D eigenvalue weighted by molar-refractivity contribution is 0.920. The average Bonchev–Trinajstić information content (AvgIpc) is 2.40. The number of hydrogen-bond donors (Lipinski definition) is 0. The van der Waals surface area contributed by atoms with E-state index >= 15 is 0 Å². The Labute approximate surface area is 108 Å². The predicted molar refractivity (Wildman–Crippen MR) is 74.4 cm³/mol. The van der Waals surface area contributed by atoms with E-state index in [-0.39, 0.29) is 0 Å². The summed E-state index contributed by atoms with van der Waals surface area (Å²) >= 11 is 0. The molecule has 0 aliphatic rings. The summed E-state index contributed by atoms with van der Waals surface area (Å²) < 4.78 is 0. The van der Waals surface area contributed by atoms with Crippen LogP contribution in [0.2, 0.25) is 0 Å². The number of nitrogens with zero attached hydrogens (tertiary/aromatic N) is 2. The Hall–Kier alpha value is -2.27. The summed E-state index contributed by atoms with van der Waals surface area (Å²) in [7, 11) is 2.02. The molecule has 0 bridgehead atoms. The summed E-state index contributed by atoms with van der Waals surface area (Å²) in [5.74, 6) is 0. The van der Waals surface area contributed by atoms with E-state index in [1.807, 2.05) is 44.3 Å². The Morgan fingerprint density at radius 1 is 1.11 bits per heavy atom.